The number of benzene rings is 4. The summed E-state index contributed by atoms with van der Waals surface area (Å²) in [4.78, 5) is 67.3. The Balaban J connectivity index is 1.13. The largest absolute Gasteiger partial charge is 0.508 e. The van der Waals surface area contributed by atoms with Crippen molar-refractivity contribution >= 4 is 74.8 Å². The number of aromatic nitrogens is 1. The highest BCUT2D eigenvalue weighted by Crippen LogP contribution is 2.65. The van der Waals surface area contributed by atoms with E-state index in [2.05, 4.69) is 15.3 Å². The quantitative estimate of drug-likeness (QED) is 0.128. The summed E-state index contributed by atoms with van der Waals surface area (Å²) in [6.07, 6.45) is -2.27. The summed E-state index contributed by atoms with van der Waals surface area (Å²) in [5.74, 6) is -7.75. The third-order valence-electron chi connectivity index (χ3n) is 13.3. The predicted molar refractivity (Wildman–Crippen MR) is 224 cm³/mol. The number of anilines is 3. The van der Waals surface area contributed by atoms with E-state index in [4.69, 9.17) is 27.9 Å². The number of morpholine rings is 1. The standard InChI is InChI=1S/C46H36Cl2F3N5O6/c47-27-8-6-25(7-9-27)45-34(42(59)56(44(45)61)53-40-35(48)21-26(23-52-40)46(49,50)51)22-33-31(39(45)38-30-4-2-1-3-24(30)5-16-36(38)57)14-15-32-37(33)43(60)55(41(32)58)29-12-10-28(11-13-29)54-17-19-62-20-18-54/h1-14,16,21,23,32-34,37,39,57H,15,17-20,22H2,(H,52,53)/t32-,33+,34-,37-,39+,45+/m0/s1. The van der Waals surface area contributed by atoms with Crippen molar-refractivity contribution in [2.24, 2.45) is 23.7 Å². The number of ether oxygens (including phenoxy) is 1. The number of fused-ring (bicyclic) bond motifs is 5. The third-order valence-corrected chi connectivity index (χ3v) is 13.8. The third kappa shape index (κ3) is 6.09. The van der Waals surface area contributed by atoms with Crippen LogP contribution in [0.3, 0.4) is 0 Å². The molecular formula is C46H36Cl2F3N5O6. The summed E-state index contributed by atoms with van der Waals surface area (Å²) >= 11 is 12.7. The lowest BCUT2D eigenvalue weighted by molar-refractivity contribution is -0.139. The van der Waals surface area contributed by atoms with Crippen LogP contribution in [0.2, 0.25) is 10.0 Å². The van der Waals surface area contributed by atoms with Gasteiger partial charge in [0.05, 0.1) is 52.7 Å². The van der Waals surface area contributed by atoms with E-state index < -0.39 is 69.5 Å². The van der Waals surface area contributed by atoms with E-state index in [0.29, 0.717) is 71.4 Å². The molecule has 1 aromatic heterocycles. The number of nitrogens with zero attached hydrogens (tertiary/aromatic N) is 4. The molecule has 0 bridgehead atoms. The second kappa shape index (κ2) is 14.8. The fraction of sp³-hybridized carbons (Fsp3) is 0.283. The molecule has 4 aromatic carbocycles. The summed E-state index contributed by atoms with van der Waals surface area (Å²) in [6.45, 7) is 2.58. The molecule has 2 N–H and O–H groups in total. The van der Waals surface area contributed by atoms with Crippen LogP contribution < -0.4 is 15.2 Å². The lowest BCUT2D eigenvalue weighted by atomic mass is 9.48. The molecule has 16 heteroatoms. The number of phenols is 1. The number of carbonyl (C=O) groups excluding carboxylic acids is 4. The van der Waals surface area contributed by atoms with Gasteiger partial charge in [0.15, 0.2) is 5.82 Å². The molecule has 10 rings (SSSR count). The first-order valence-corrected chi connectivity index (χ1v) is 20.9. The molecule has 4 heterocycles. The number of phenolic OH excluding ortho intramolecular Hbond substituents is 1. The number of pyridine rings is 1. The first-order valence-electron chi connectivity index (χ1n) is 20.1. The van der Waals surface area contributed by atoms with E-state index in [1.165, 1.54) is 11.0 Å². The lowest BCUT2D eigenvalue weighted by Crippen LogP contribution is -2.53. The molecule has 0 radical (unpaired) electrons. The molecule has 0 spiro atoms. The highest BCUT2D eigenvalue weighted by atomic mass is 35.5. The van der Waals surface area contributed by atoms with E-state index >= 15 is 9.59 Å². The predicted octanol–water partition coefficient (Wildman–Crippen LogP) is 8.29. The first kappa shape index (κ1) is 40.1. The van der Waals surface area contributed by atoms with E-state index in [1.807, 2.05) is 30.3 Å². The fourth-order valence-electron chi connectivity index (χ4n) is 10.6. The number of rotatable bonds is 6. The molecule has 316 valence electrons. The maximum Gasteiger partial charge on any atom is 0.417 e. The van der Waals surface area contributed by atoms with Crippen molar-refractivity contribution in [3.05, 3.63) is 136 Å². The van der Waals surface area contributed by atoms with Crippen molar-refractivity contribution in [3.63, 3.8) is 0 Å². The molecular weight excluding hydrogens is 846 g/mol. The Morgan fingerprint density at radius 2 is 1.55 bits per heavy atom. The number of amides is 4. The highest BCUT2D eigenvalue weighted by Gasteiger charge is 2.71. The van der Waals surface area contributed by atoms with E-state index in [1.54, 1.807) is 54.6 Å². The fourth-order valence-corrected chi connectivity index (χ4v) is 10.9. The summed E-state index contributed by atoms with van der Waals surface area (Å²) in [7, 11) is 0. The van der Waals surface area contributed by atoms with Crippen LogP contribution in [0.1, 0.15) is 35.4 Å². The van der Waals surface area contributed by atoms with Crippen molar-refractivity contribution in [3.8, 4) is 5.75 Å². The van der Waals surface area contributed by atoms with Gasteiger partial charge in [-0.3, -0.25) is 29.5 Å². The Morgan fingerprint density at radius 3 is 2.26 bits per heavy atom. The second-order valence-corrected chi connectivity index (χ2v) is 17.1. The Labute approximate surface area is 362 Å². The van der Waals surface area contributed by atoms with Crippen LogP contribution in [0.5, 0.6) is 5.75 Å². The van der Waals surface area contributed by atoms with Crippen molar-refractivity contribution in [1.82, 2.24) is 9.99 Å². The van der Waals surface area contributed by atoms with Crippen LogP contribution in [-0.2, 0) is 35.5 Å². The zero-order chi connectivity index (χ0) is 43.2. The van der Waals surface area contributed by atoms with E-state index in [0.717, 1.165) is 16.1 Å². The van der Waals surface area contributed by atoms with Gasteiger partial charge in [0.25, 0.3) is 11.8 Å². The Bertz CT molecular complexity index is 2730. The highest BCUT2D eigenvalue weighted by molar-refractivity contribution is 6.33. The second-order valence-electron chi connectivity index (χ2n) is 16.3. The number of hydrazine groups is 1. The molecule has 1 saturated carbocycles. The zero-order valence-corrected chi connectivity index (χ0v) is 34.1. The molecule has 3 saturated heterocycles. The molecule has 5 aliphatic rings. The Hall–Kier alpha value is -5.96. The number of nitrogens with one attached hydrogen (secondary N) is 1. The van der Waals surface area contributed by atoms with Crippen molar-refractivity contribution < 1.29 is 42.2 Å². The summed E-state index contributed by atoms with van der Waals surface area (Å²) in [5.41, 5.74) is 2.33. The molecule has 0 unspecified atom stereocenters. The molecule has 4 fully saturated rings. The number of aromatic hydroxyl groups is 1. The van der Waals surface area contributed by atoms with Crippen LogP contribution in [-0.4, -0.2) is 65.0 Å². The monoisotopic (exact) mass is 881 g/mol. The maximum atomic E-state index is 15.6. The zero-order valence-electron chi connectivity index (χ0n) is 32.6. The van der Waals surface area contributed by atoms with Gasteiger partial charge in [-0.1, -0.05) is 77.3 Å². The van der Waals surface area contributed by atoms with E-state index in [9.17, 15) is 27.9 Å². The number of imide groups is 2. The minimum atomic E-state index is -4.77. The normalized spacial score (nSPS) is 26.1. The van der Waals surface area contributed by atoms with Gasteiger partial charge in [0, 0.05) is 41.5 Å². The number of hydrogen-bond donors (Lipinski definition) is 2. The maximum absolute atomic E-state index is 15.6. The Kier molecular flexibility index (Phi) is 9.61. The SMILES string of the molecule is O=C1[C@@H]2C[C@@H]3C(=CC[C@@H]4C(=O)N(c5ccc(N6CCOCC6)cc5)C(=O)[C@@H]43)[C@H](c3c(O)ccc4ccccc34)[C@]2(c2ccc(Cl)cc2)C(=O)N1Nc1ncc(C(F)(F)F)cc1Cl. The van der Waals surface area contributed by atoms with Crippen LogP contribution >= 0.6 is 23.2 Å². The van der Waals surface area contributed by atoms with Crippen LogP contribution in [0.4, 0.5) is 30.4 Å². The average molecular weight is 883 g/mol. The van der Waals surface area contributed by atoms with E-state index in [-0.39, 0.29) is 30.3 Å². The molecule has 6 atom stereocenters. The van der Waals surface area contributed by atoms with Crippen LogP contribution in [0, 0.1) is 23.7 Å². The van der Waals surface area contributed by atoms with Crippen LogP contribution in [0.15, 0.2) is 109 Å². The van der Waals surface area contributed by atoms with Gasteiger partial charge in [-0.25, -0.2) is 4.98 Å². The van der Waals surface area contributed by atoms with Gasteiger partial charge in [0.1, 0.15) is 5.75 Å². The lowest BCUT2D eigenvalue weighted by Gasteiger charge is -2.51. The molecule has 11 nitrogen and oxygen atoms in total. The van der Waals surface area contributed by atoms with Crippen molar-refractivity contribution in [1.29, 1.82) is 0 Å². The average Bonchev–Trinajstić information content (AvgIpc) is 3.65. The van der Waals surface area contributed by atoms with Gasteiger partial charge in [-0.05, 0) is 83.6 Å². The number of carbonyl (C=O) groups is 4. The summed E-state index contributed by atoms with van der Waals surface area (Å²) in [6, 6.07) is 24.9. The van der Waals surface area contributed by atoms with Crippen molar-refractivity contribution in [2.45, 2.75) is 30.4 Å². The Morgan fingerprint density at radius 1 is 0.839 bits per heavy atom. The number of halogens is 5. The van der Waals surface area contributed by atoms with Crippen LogP contribution in [0.25, 0.3) is 10.8 Å². The minimum absolute atomic E-state index is 0.0720. The smallest absolute Gasteiger partial charge is 0.417 e. The van der Waals surface area contributed by atoms with Gasteiger partial charge < -0.3 is 14.7 Å². The van der Waals surface area contributed by atoms with Gasteiger partial charge in [-0.2, -0.15) is 18.2 Å². The number of hydrogen-bond acceptors (Lipinski definition) is 9. The topological polar surface area (TPSA) is 132 Å². The number of allylic oxidation sites excluding steroid dienone is 2. The molecule has 3 aliphatic heterocycles. The molecule has 4 amide bonds. The van der Waals surface area contributed by atoms with Gasteiger partial charge in [-0.15, -0.1) is 0 Å². The molecule has 2 aliphatic carbocycles. The summed E-state index contributed by atoms with van der Waals surface area (Å²) in [5, 5.41) is 13.9. The minimum Gasteiger partial charge on any atom is -0.508 e. The molecule has 5 aromatic rings. The van der Waals surface area contributed by atoms with Crippen molar-refractivity contribution in [2.75, 3.05) is 41.5 Å². The first-order chi connectivity index (χ1) is 29.8. The molecule has 62 heavy (non-hydrogen) atoms. The summed E-state index contributed by atoms with van der Waals surface area (Å²) < 4.78 is 46.3. The van der Waals surface area contributed by atoms with Gasteiger partial charge >= 0.3 is 6.18 Å². The van der Waals surface area contributed by atoms with Gasteiger partial charge in [0.2, 0.25) is 11.8 Å². The number of alkyl halides is 3.